The second kappa shape index (κ2) is 4.88. The maximum Gasteiger partial charge on any atom is 0.272 e. The van der Waals surface area contributed by atoms with Crippen LogP contribution in [-0.2, 0) is 0 Å². The average Bonchev–Trinajstić information content (AvgIpc) is 2.66. The predicted molar refractivity (Wildman–Crippen MR) is 48.5 cm³/mol. The molecule has 72 valence electrons. The van der Waals surface area contributed by atoms with Crippen molar-refractivity contribution in [1.82, 2.24) is 14.9 Å². The molecular weight excluding hydrogens is 190 g/mol. The van der Waals surface area contributed by atoms with Crippen LogP contribution in [0.15, 0.2) is 5.38 Å². The molecule has 0 aromatic carbocycles. The van der Waals surface area contributed by atoms with Crippen molar-refractivity contribution in [3.05, 3.63) is 11.1 Å². The van der Waals surface area contributed by atoms with Gasteiger partial charge in [0.25, 0.3) is 5.91 Å². The van der Waals surface area contributed by atoms with Crippen molar-refractivity contribution < 1.29 is 9.90 Å². The van der Waals surface area contributed by atoms with E-state index >= 15 is 0 Å². The van der Waals surface area contributed by atoms with Crippen LogP contribution in [0.25, 0.3) is 0 Å². The maximum atomic E-state index is 11.2. The number of aliphatic hydroxyl groups is 1. The van der Waals surface area contributed by atoms with Gasteiger partial charge in [-0.15, -0.1) is 5.10 Å². The largest absolute Gasteiger partial charge is 0.391 e. The maximum absolute atomic E-state index is 11.2. The Kier molecular flexibility index (Phi) is 3.78. The van der Waals surface area contributed by atoms with E-state index in [1.807, 2.05) is 6.92 Å². The van der Waals surface area contributed by atoms with E-state index in [1.54, 1.807) is 5.38 Å². The van der Waals surface area contributed by atoms with Crippen molar-refractivity contribution in [3.8, 4) is 0 Å². The normalized spacial score (nSPS) is 12.5. The Bertz CT molecular complexity index is 263. The van der Waals surface area contributed by atoms with Gasteiger partial charge in [-0.3, -0.25) is 4.79 Å². The molecule has 0 fully saturated rings. The number of carbonyl (C=O) groups is 1. The average molecular weight is 201 g/mol. The number of nitrogens with one attached hydrogen (secondary N) is 1. The molecule has 2 N–H and O–H groups in total. The van der Waals surface area contributed by atoms with Crippen molar-refractivity contribution in [2.24, 2.45) is 0 Å². The molecule has 0 aliphatic carbocycles. The van der Waals surface area contributed by atoms with Crippen LogP contribution in [0.5, 0.6) is 0 Å². The lowest BCUT2D eigenvalue weighted by Gasteiger charge is -2.07. The molecule has 0 aliphatic heterocycles. The van der Waals surface area contributed by atoms with Crippen LogP contribution in [0.2, 0.25) is 0 Å². The standard InChI is InChI=1S/C7H11N3O2S/c1-2-5(11)3-8-7(12)6-4-13-10-9-6/h4-5,11H,2-3H2,1H3,(H,8,12). The molecule has 0 radical (unpaired) electrons. The van der Waals surface area contributed by atoms with Crippen molar-refractivity contribution in [2.45, 2.75) is 19.4 Å². The zero-order valence-corrected chi connectivity index (χ0v) is 8.04. The van der Waals surface area contributed by atoms with E-state index in [2.05, 4.69) is 14.9 Å². The van der Waals surface area contributed by atoms with Crippen molar-refractivity contribution in [3.63, 3.8) is 0 Å². The highest BCUT2D eigenvalue weighted by molar-refractivity contribution is 7.03. The summed E-state index contributed by atoms with van der Waals surface area (Å²) in [6.07, 6.45) is 0.130. The summed E-state index contributed by atoms with van der Waals surface area (Å²) in [6, 6.07) is 0. The second-order valence-electron chi connectivity index (χ2n) is 2.56. The Morgan fingerprint density at radius 1 is 1.85 bits per heavy atom. The lowest BCUT2D eigenvalue weighted by molar-refractivity contribution is 0.0909. The summed E-state index contributed by atoms with van der Waals surface area (Å²) in [6.45, 7) is 2.11. The first-order chi connectivity index (χ1) is 6.24. The smallest absolute Gasteiger partial charge is 0.272 e. The number of hydrogen-bond donors (Lipinski definition) is 2. The van der Waals surface area contributed by atoms with Gasteiger partial charge in [0.15, 0.2) is 5.69 Å². The first kappa shape index (κ1) is 10.1. The molecule has 1 aromatic heterocycles. The van der Waals surface area contributed by atoms with Crippen molar-refractivity contribution >= 4 is 17.4 Å². The monoisotopic (exact) mass is 201 g/mol. The summed E-state index contributed by atoms with van der Waals surface area (Å²) in [5, 5.41) is 16.9. The number of rotatable bonds is 4. The minimum absolute atomic E-state index is 0.257. The number of hydrogen-bond acceptors (Lipinski definition) is 5. The summed E-state index contributed by atoms with van der Waals surface area (Å²) in [4.78, 5) is 11.2. The molecule has 1 atom stereocenters. The Balaban J connectivity index is 2.35. The number of nitrogens with zero attached hydrogens (tertiary/aromatic N) is 2. The molecule has 6 heteroatoms. The van der Waals surface area contributed by atoms with Crippen LogP contribution in [0.1, 0.15) is 23.8 Å². The van der Waals surface area contributed by atoms with E-state index in [-0.39, 0.29) is 12.5 Å². The molecule has 0 spiro atoms. The van der Waals surface area contributed by atoms with Crippen molar-refractivity contribution in [2.75, 3.05) is 6.54 Å². The van der Waals surface area contributed by atoms with Crippen LogP contribution in [0.3, 0.4) is 0 Å². The van der Waals surface area contributed by atoms with Gasteiger partial charge in [-0.1, -0.05) is 11.4 Å². The SMILES string of the molecule is CCC(O)CNC(=O)c1csnn1. The number of aliphatic hydroxyl groups excluding tert-OH is 1. The number of amides is 1. The molecule has 1 unspecified atom stereocenters. The lowest BCUT2D eigenvalue weighted by atomic mass is 10.3. The fourth-order valence-electron chi connectivity index (χ4n) is 0.709. The molecule has 1 amide bonds. The van der Waals surface area contributed by atoms with Gasteiger partial charge in [-0.05, 0) is 18.0 Å². The van der Waals surface area contributed by atoms with E-state index in [0.29, 0.717) is 12.1 Å². The number of carbonyl (C=O) groups excluding carboxylic acids is 1. The Morgan fingerprint density at radius 3 is 3.15 bits per heavy atom. The topological polar surface area (TPSA) is 75.1 Å². The minimum atomic E-state index is -0.490. The number of aromatic nitrogens is 2. The molecule has 0 saturated carbocycles. The van der Waals surface area contributed by atoms with Gasteiger partial charge in [0.2, 0.25) is 0 Å². The van der Waals surface area contributed by atoms with E-state index < -0.39 is 6.10 Å². The van der Waals surface area contributed by atoms with E-state index in [1.165, 1.54) is 0 Å². The van der Waals surface area contributed by atoms with Crippen LogP contribution < -0.4 is 5.32 Å². The van der Waals surface area contributed by atoms with Gasteiger partial charge < -0.3 is 10.4 Å². The highest BCUT2D eigenvalue weighted by atomic mass is 32.1. The molecule has 0 saturated heterocycles. The molecule has 1 rings (SSSR count). The zero-order valence-electron chi connectivity index (χ0n) is 7.23. The van der Waals surface area contributed by atoms with Crippen LogP contribution in [0, 0.1) is 0 Å². The third-order valence-electron chi connectivity index (χ3n) is 1.56. The minimum Gasteiger partial charge on any atom is -0.391 e. The lowest BCUT2D eigenvalue weighted by Crippen LogP contribution is -2.31. The molecule has 0 bridgehead atoms. The third kappa shape index (κ3) is 3.08. The fourth-order valence-corrected chi connectivity index (χ4v) is 1.15. The van der Waals surface area contributed by atoms with Gasteiger partial charge >= 0.3 is 0 Å². The predicted octanol–water partition coefficient (Wildman–Crippen LogP) is 0.0388. The van der Waals surface area contributed by atoms with Crippen LogP contribution in [-0.4, -0.2) is 33.2 Å². The van der Waals surface area contributed by atoms with Gasteiger partial charge in [0, 0.05) is 11.9 Å². The fraction of sp³-hybridized carbons (Fsp3) is 0.571. The first-order valence-electron chi connectivity index (χ1n) is 3.97. The molecular formula is C7H11N3O2S. The van der Waals surface area contributed by atoms with Gasteiger partial charge in [-0.25, -0.2) is 0 Å². The van der Waals surface area contributed by atoms with Crippen molar-refractivity contribution in [1.29, 1.82) is 0 Å². The third-order valence-corrected chi connectivity index (χ3v) is 2.07. The highest BCUT2D eigenvalue weighted by Crippen LogP contribution is 1.96. The van der Waals surface area contributed by atoms with Gasteiger partial charge in [0.1, 0.15) is 0 Å². The Labute approximate surface area is 80.0 Å². The summed E-state index contributed by atoms with van der Waals surface area (Å²) >= 11 is 1.12. The summed E-state index contributed by atoms with van der Waals surface area (Å²) in [5.74, 6) is -0.291. The van der Waals surface area contributed by atoms with Crippen LogP contribution >= 0.6 is 11.5 Å². The first-order valence-corrected chi connectivity index (χ1v) is 4.81. The molecule has 0 aliphatic rings. The van der Waals surface area contributed by atoms with E-state index in [0.717, 1.165) is 11.5 Å². The molecule has 13 heavy (non-hydrogen) atoms. The van der Waals surface area contributed by atoms with Gasteiger partial charge in [0.05, 0.1) is 6.10 Å². The summed E-state index contributed by atoms with van der Waals surface area (Å²) in [5.41, 5.74) is 0.299. The Hall–Kier alpha value is -1.01. The Morgan fingerprint density at radius 2 is 2.62 bits per heavy atom. The van der Waals surface area contributed by atoms with E-state index in [9.17, 15) is 4.79 Å². The molecule has 1 heterocycles. The molecule has 1 aromatic rings. The summed E-state index contributed by atoms with van der Waals surface area (Å²) in [7, 11) is 0. The summed E-state index contributed by atoms with van der Waals surface area (Å²) < 4.78 is 3.56. The second-order valence-corrected chi connectivity index (χ2v) is 3.17. The molecule has 5 nitrogen and oxygen atoms in total. The quantitative estimate of drug-likeness (QED) is 0.721. The highest BCUT2D eigenvalue weighted by Gasteiger charge is 2.09. The van der Waals surface area contributed by atoms with Crippen LogP contribution in [0.4, 0.5) is 0 Å². The zero-order chi connectivity index (χ0) is 9.68. The van der Waals surface area contributed by atoms with Gasteiger partial charge in [-0.2, -0.15) is 0 Å². The van der Waals surface area contributed by atoms with E-state index in [4.69, 9.17) is 5.11 Å².